The number of esters is 1. The summed E-state index contributed by atoms with van der Waals surface area (Å²) in [7, 11) is 0. The largest absolute Gasteiger partial charge is 0.421 e. The summed E-state index contributed by atoms with van der Waals surface area (Å²) in [6.07, 6.45) is 0. The maximum atomic E-state index is 12.1. The Bertz CT molecular complexity index is 844. The lowest BCUT2D eigenvalue weighted by Crippen LogP contribution is -2.09. The monoisotopic (exact) mass is 269 g/mol. The molecule has 1 N–H and O–H groups in total. The smallest absolute Gasteiger partial charge is 0.417 e. The number of aromatic nitrogens is 1. The van der Waals surface area contributed by atoms with Crippen LogP contribution < -0.4 is 10.5 Å². The third-order valence-corrected chi connectivity index (χ3v) is 2.87. The molecule has 1 heterocycles. The summed E-state index contributed by atoms with van der Waals surface area (Å²) in [5.74, 6) is -0.804. The minimum Gasteiger partial charge on any atom is -0.421 e. The van der Waals surface area contributed by atoms with Crippen molar-refractivity contribution in [1.29, 1.82) is 0 Å². The number of rotatable bonds is 2. The number of ether oxygens (including phenoxy) is 1. The van der Waals surface area contributed by atoms with Crippen molar-refractivity contribution in [2.75, 3.05) is 0 Å². The Labute approximate surface area is 113 Å². The number of carbonyl (C=O) groups is 1. The molecule has 0 fully saturated rings. The Kier molecular flexibility index (Phi) is 2.87. The van der Waals surface area contributed by atoms with Crippen LogP contribution >= 0.6 is 0 Å². The standard InChI is InChI=1S/C15H11NO4/c1-9-4-2-5-10(8-9)14(17)19-11-6-3-7-12-13(11)16-15(18)20-12/h2-8H,1H3,(H,16,18). The SMILES string of the molecule is Cc1cccc(C(=O)Oc2cccc3oc(=O)[nH]c23)c1. The Morgan fingerprint density at radius 2 is 2.00 bits per heavy atom. The van der Waals surface area contributed by atoms with Crippen molar-refractivity contribution in [3.8, 4) is 5.75 Å². The number of carbonyl (C=O) groups excluding carboxylic acids is 1. The minimum atomic E-state index is -0.584. The highest BCUT2D eigenvalue weighted by Gasteiger charge is 2.13. The van der Waals surface area contributed by atoms with Crippen LogP contribution in [-0.2, 0) is 0 Å². The van der Waals surface area contributed by atoms with Crippen molar-refractivity contribution in [2.45, 2.75) is 6.92 Å². The number of aromatic amines is 1. The van der Waals surface area contributed by atoms with E-state index in [2.05, 4.69) is 4.98 Å². The molecule has 0 aliphatic carbocycles. The molecule has 0 bridgehead atoms. The molecule has 3 rings (SSSR count). The van der Waals surface area contributed by atoms with E-state index in [0.717, 1.165) is 5.56 Å². The molecular weight excluding hydrogens is 258 g/mol. The number of para-hydroxylation sites is 1. The van der Waals surface area contributed by atoms with E-state index in [4.69, 9.17) is 9.15 Å². The predicted molar refractivity (Wildman–Crippen MR) is 73.0 cm³/mol. The van der Waals surface area contributed by atoms with E-state index in [9.17, 15) is 9.59 Å². The summed E-state index contributed by atoms with van der Waals surface area (Å²) in [5.41, 5.74) is 2.14. The average Bonchev–Trinajstić information content (AvgIpc) is 2.80. The third kappa shape index (κ3) is 2.21. The Morgan fingerprint density at radius 1 is 1.20 bits per heavy atom. The Balaban J connectivity index is 1.97. The lowest BCUT2D eigenvalue weighted by Gasteiger charge is -2.05. The van der Waals surface area contributed by atoms with Gasteiger partial charge in [-0.05, 0) is 31.2 Å². The molecule has 0 radical (unpaired) electrons. The van der Waals surface area contributed by atoms with Crippen molar-refractivity contribution < 1.29 is 13.9 Å². The van der Waals surface area contributed by atoms with Crippen LogP contribution in [0.5, 0.6) is 5.75 Å². The van der Waals surface area contributed by atoms with E-state index in [1.54, 1.807) is 36.4 Å². The van der Waals surface area contributed by atoms with Gasteiger partial charge in [-0.3, -0.25) is 4.98 Å². The van der Waals surface area contributed by atoms with Crippen LogP contribution in [0.4, 0.5) is 0 Å². The molecular formula is C15H11NO4. The normalized spacial score (nSPS) is 10.7. The summed E-state index contributed by atoms with van der Waals surface area (Å²) in [6, 6.07) is 12.0. The van der Waals surface area contributed by atoms with E-state index in [1.165, 1.54) is 0 Å². The number of H-pyrrole nitrogens is 1. The van der Waals surface area contributed by atoms with Crippen molar-refractivity contribution in [2.24, 2.45) is 0 Å². The summed E-state index contributed by atoms with van der Waals surface area (Å²) in [5, 5.41) is 0. The van der Waals surface area contributed by atoms with E-state index in [0.29, 0.717) is 16.7 Å². The molecule has 1 aromatic heterocycles. The fourth-order valence-corrected chi connectivity index (χ4v) is 1.96. The first kappa shape index (κ1) is 12.2. The molecule has 0 atom stereocenters. The van der Waals surface area contributed by atoms with Crippen LogP contribution in [-0.4, -0.2) is 11.0 Å². The van der Waals surface area contributed by atoms with Gasteiger partial charge in [0.2, 0.25) is 0 Å². The average molecular weight is 269 g/mol. The maximum Gasteiger partial charge on any atom is 0.417 e. The van der Waals surface area contributed by atoms with Crippen LogP contribution in [0.1, 0.15) is 15.9 Å². The number of nitrogens with one attached hydrogen (secondary N) is 1. The zero-order valence-electron chi connectivity index (χ0n) is 10.7. The number of hydrogen-bond acceptors (Lipinski definition) is 4. The van der Waals surface area contributed by atoms with Crippen LogP contribution in [0.15, 0.2) is 51.7 Å². The lowest BCUT2D eigenvalue weighted by atomic mass is 10.1. The number of oxazole rings is 1. The summed E-state index contributed by atoms with van der Waals surface area (Å²) >= 11 is 0. The van der Waals surface area contributed by atoms with Gasteiger partial charge in [-0.2, -0.15) is 0 Å². The highest BCUT2D eigenvalue weighted by atomic mass is 16.5. The van der Waals surface area contributed by atoms with Gasteiger partial charge in [0, 0.05) is 0 Å². The minimum absolute atomic E-state index is 0.264. The number of fused-ring (bicyclic) bond motifs is 1. The fourth-order valence-electron chi connectivity index (χ4n) is 1.96. The molecule has 0 amide bonds. The van der Waals surface area contributed by atoms with Crippen LogP contribution in [0.25, 0.3) is 11.1 Å². The van der Waals surface area contributed by atoms with E-state index in [1.807, 2.05) is 13.0 Å². The van der Waals surface area contributed by atoms with Gasteiger partial charge in [0.05, 0.1) is 5.56 Å². The highest BCUT2D eigenvalue weighted by Crippen LogP contribution is 2.23. The molecule has 20 heavy (non-hydrogen) atoms. The van der Waals surface area contributed by atoms with Crippen LogP contribution in [0.3, 0.4) is 0 Å². The first-order chi connectivity index (χ1) is 9.63. The molecule has 3 aromatic rings. The second-order valence-corrected chi connectivity index (χ2v) is 4.40. The van der Waals surface area contributed by atoms with Gasteiger partial charge in [0.15, 0.2) is 11.3 Å². The number of benzene rings is 2. The van der Waals surface area contributed by atoms with Gasteiger partial charge in [-0.1, -0.05) is 23.8 Å². The number of aryl methyl sites for hydroxylation is 1. The van der Waals surface area contributed by atoms with Crippen LogP contribution in [0.2, 0.25) is 0 Å². The molecule has 0 saturated carbocycles. The molecule has 2 aromatic carbocycles. The fraction of sp³-hybridized carbons (Fsp3) is 0.0667. The van der Waals surface area contributed by atoms with Gasteiger partial charge in [0.25, 0.3) is 0 Å². The maximum absolute atomic E-state index is 12.1. The van der Waals surface area contributed by atoms with Crippen molar-refractivity contribution in [3.63, 3.8) is 0 Å². The quantitative estimate of drug-likeness (QED) is 0.573. The van der Waals surface area contributed by atoms with Gasteiger partial charge >= 0.3 is 11.7 Å². The second kappa shape index (κ2) is 4.70. The molecule has 0 spiro atoms. The van der Waals surface area contributed by atoms with Crippen molar-refractivity contribution >= 4 is 17.1 Å². The molecule has 0 unspecified atom stereocenters. The van der Waals surface area contributed by atoms with Crippen molar-refractivity contribution in [1.82, 2.24) is 4.98 Å². The topological polar surface area (TPSA) is 72.3 Å². The first-order valence-electron chi connectivity index (χ1n) is 6.04. The van der Waals surface area contributed by atoms with Gasteiger partial charge in [0.1, 0.15) is 5.52 Å². The molecule has 100 valence electrons. The zero-order valence-corrected chi connectivity index (χ0v) is 10.7. The Hall–Kier alpha value is -2.82. The number of hydrogen-bond donors (Lipinski definition) is 1. The lowest BCUT2D eigenvalue weighted by molar-refractivity contribution is 0.0736. The summed E-state index contributed by atoms with van der Waals surface area (Å²) in [4.78, 5) is 25.7. The summed E-state index contributed by atoms with van der Waals surface area (Å²) in [6.45, 7) is 1.89. The van der Waals surface area contributed by atoms with E-state index < -0.39 is 11.7 Å². The van der Waals surface area contributed by atoms with Crippen LogP contribution in [0, 0.1) is 6.92 Å². The van der Waals surface area contributed by atoms with E-state index in [-0.39, 0.29) is 5.75 Å². The first-order valence-corrected chi connectivity index (χ1v) is 6.04. The zero-order chi connectivity index (χ0) is 14.1. The second-order valence-electron chi connectivity index (χ2n) is 4.40. The van der Waals surface area contributed by atoms with E-state index >= 15 is 0 Å². The highest BCUT2D eigenvalue weighted by molar-refractivity contribution is 5.93. The van der Waals surface area contributed by atoms with Gasteiger partial charge in [-0.25, -0.2) is 9.59 Å². The molecule has 5 heteroatoms. The third-order valence-electron chi connectivity index (χ3n) is 2.87. The summed E-state index contributed by atoms with van der Waals surface area (Å²) < 4.78 is 10.2. The molecule has 0 saturated heterocycles. The molecule has 5 nitrogen and oxygen atoms in total. The van der Waals surface area contributed by atoms with Crippen molar-refractivity contribution in [3.05, 3.63) is 64.1 Å². The Morgan fingerprint density at radius 3 is 2.80 bits per heavy atom. The molecule has 0 aliphatic rings. The van der Waals surface area contributed by atoms with Gasteiger partial charge < -0.3 is 9.15 Å². The molecule has 0 aliphatic heterocycles. The predicted octanol–water partition coefficient (Wildman–Crippen LogP) is 2.65. The van der Waals surface area contributed by atoms with Gasteiger partial charge in [-0.15, -0.1) is 0 Å².